The Kier molecular flexibility index (Phi) is 3.31. The summed E-state index contributed by atoms with van der Waals surface area (Å²) in [5, 5.41) is 5.89. The Bertz CT molecular complexity index is 811. The molecule has 0 aromatic heterocycles. The average Bonchev–Trinajstić information content (AvgIpc) is 3.12. The number of nitrogens with one attached hydrogen (secondary N) is 2. The topological polar surface area (TPSA) is 78.5 Å². The summed E-state index contributed by atoms with van der Waals surface area (Å²) in [4.78, 5) is 40.2. The number of hydrogen-bond donors (Lipinski definition) is 2. The van der Waals surface area contributed by atoms with Crippen LogP contribution >= 0.6 is 0 Å². The Morgan fingerprint density at radius 2 is 2.00 bits per heavy atom. The van der Waals surface area contributed by atoms with Gasteiger partial charge in [0.05, 0.1) is 11.8 Å². The highest BCUT2D eigenvalue weighted by molar-refractivity contribution is 6.15. The molecule has 25 heavy (non-hydrogen) atoms. The first kappa shape index (κ1) is 16.2. The Hall–Kier alpha value is -2.28. The Balaban J connectivity index is 1.89. The van der Waals surface area contributed by atoms with Crippen LogP contribution in [-0.4, -0.2) is 34.7 Å². The highest BCUT2D eigenvalue weighted by Gasteiger charge is 2.70. The van der Waals surface area contributed by atoms with Crippen molar-refractivity contribution in [2.75, 3.05) is 5.32 Å². The molecule has 5 atom stereocenters. The van der Waals surface area contributed by atoms with Gasteiger partial charge in [0, 0.05) is 23.3 Å². The van der Waals surface area contributed by atoms with Crippen LogP contribution in [0.2, 0.25) is 0 Å². The molecular weight excluding hydrogens is 325 g/mol. The fraction of sp³-hybridized carbons (Fsp3) is 0.500. The number of amides is 3. The molecule has 0 bridgehead atoms. The minimum absolute atomic E-state index is 0.230. The lowest BCUT2D eigenvalue weighted by atomic mass is 9.76. The molecule has 1 spiro atoms. The molecule has 4 rings (SSSR count). The Labute approximate surface area is 144 Å². The highest BCUT2D eigenvalue weighted by Crippen LogP contribution is 2.53. The molecular formula is C18H20FN3O3. The van der Waals surface area contributed by atoms with Gasteiger partial charge in [-0.15, -0.1) is 0 Å². The molecule has 0 radical (unpaired) electrons. The van der Waals surface area contributed by atoms with Gasteiger partial charge in [-0.25, -0.2) is 4.39 Å². The van der Waals surface area contributed by atoms with Crippen molar-refractivity contribution in [3.63, 3.8) is 0 Å². The third-order valence-electron chi connectivity index (χ3n) is 5.89. The molecule has 1 aromatic rings. The van der Waals surface area contributed by atoms with Gasteiger partial charge in [-0.3, -0.25) is 24.6 Å². The van der Waals surface area contributed by atoms with E-state index in [1.807, 2.05) is 13.8 Å². The Morgan fingerprint density at radius 3 is 2.68 bits per heavy atom. The van der Waals surface area contributed by atoms with E-state index in [-0.39, 0.29) is 23.9 Å². The van der Waals surface area contributed by atoms with Gasteiger partial charge >= 0.3 is 0 Å². The van der Waals surface area contributed by atoms with E-state index in [9.17, 15) is 18.8 Å². The van der Waals surface area contributed by atoms with Gasteiger partial charge in [0.15, 0.2) is 0 Å². The van der Waals surface area contributed by atoms with Crippen LogP contribution in [0.1, 0.15) is 32.8 Å². The van der Waals surface area contributed by atoms with Crippen molar-refractivity contribution in [1.29, 1.82) is 0 Å². The first-order valence-corrected chi connectivity index (χ1v) is 8.59. The number of nitrogens with zero attached hydrogens (tertiary/aromatic N) is 1. The number of hydrogen-bond acceptors (Lipinski definition) is 4. The molecule has 6 nitrogen and oxygen atoms in total. The Morgan fingerprint density at radius 1 is 1.28 bits per heavy atom. The minimum atomic E-state index is -1.39. The van der Waals surface area contributed by atoms with Crippen molar-refractivity contribution in [3.8, 4) is 0 Å². The number of imide groups is 1. The second-order valence-electron chi connectivity index (χ2n) is 7.19. The number of halogens is 1. The zero-order chi connectivity index (χ0) is 18.1. The summed E-state index contributed by atoms with van der Waals surface area (Å²) < 4.78 is 13.9. The maximum absolute atomic E-state index is 13.9. The second-order valence-corrected chi connectivity index (χ2v) is 7.19. The van der Waals surface area contributed by atoms with E-state index in [1.54, 1.807) is 6.92 Å². The van der Waals surface area contributed by atoms with Gasteiger partial charge in [0.2, 0.25) is 17.7 Å². The maximum Gasteiger partial charge on any atom is 0.250 e. The zero-order valence-electron chi connectivity index (χ0n) is 14.3. The van der Waals surface area contributed by atoms with Crippen LogP contribution in [0.25, 0.3) is 0 Å². The van der Waals surface area contributed by atoms with E-state index < -0.39 is 29.1 Å². The predicted molar refractivity (Wildman–Crippen MR) is 87.9 cm³/mol. The summed E-state index contributed by atoms with van der Waals surface area (Å²) in [6.07, 6.45) is 0.642. The average molecular weight is 345 g/mol. The monoisotopic (exact) mass is 345 g/mol. The number of likely N-dealkylation sites (tertiary alicyclic amines) is 1. The molecule has 7 heteroatoms. The molecule has 0 saturated carbocycles. The van der Waals surface area contributed by atoms with Crippen LogP contribution in [0.15, 0.2) is 18.2 Å². The molecule has 2 saturated heterocycles. The molecule has 3 aliphatic heterocycles. The molecule has 3 heterocycles. The summed E-state index contributed by atoms with van der Waals surface area (Å²) in [6.45, 7) is 5.52. The third-order valence-corrected chi connectivity index (χ3v) is 5.89. The summed E-state index contributed by atoms with van der Waals surface area (Å²) in [7, 11) is 0. The lowest BCUT2D eigenvalue weighted by Gasteiger charge is -2.30. The summed E-state index contributed by atoms with van der Waals surface area (Å²) in [5.74, 6) is -2.97. The van der Waals surface area contributed by atoms with E-state index >= 15 is 0 Å². The van der Waals surface area contributed by atoms with Crippen molar-refractivity contribution in [1.82, 2.24) is 10.2 Å². The highest BCUT2D eigenvalue weighted by atomic mass is 19.1. The van der Waals surface area contributed by atoms with Gasteiger partial charge in [-0.1, -0.05) is 6.92 Å². The summed E-state index contributed by atoms with van der Waals surface area (Å²) in [5.41, 5.74) is -0.505. The van der Waals surface area contributed by atoms with Crippen LogP contribution in [0.5, 0.6) is 0 Å². The molecule has 5 unspecified atom stereocenters. The van der Waals surface area contributed by atoms with Crippen LogP contribution in [0, 0.1) is 17.7 Å². The van der Waals surface area contributed by atoms with E-state index in [1.165, 1.54) is 23.1 Å². The van der Waals surface area contributed by atoms with Crippen molar-refractivity contribution >= 4 is 23.4 Å². The van der Waals surface area contributed by atoms with Crippen molar-refractivity contribution in [3.05, 3.63) is 29.6 Å². The summed E-state index contributed by atoms with van der Waals surface area (Å²) >= 11 is 0. The smallest absolute Gasteiger partial charge is 0.250 e. The van der Waals surface area contributed by atoms with E-state index in [0.717, 1.165) is 0 Å². The summed E-state index contributed by atoms with van der Waals surface area (Å²) in [6, 6.07) is 3.44. The lowest BCUT2D eigenvalue weighted by Crippen LogP contribution is -2.53. The van der Waals surface area contributed by atoms with Crippen molar-refractivity contribution in [2.45, 2.75) is 44.8 Å². The zero-order valence-corrected chi connectivity index (χ0v) is 14.3. The number of rotatable bonds is 2. The van der Waals surface area contributed by atoms with Gasteiger partial charge in [0.25, 0.3) is 0 Å². The molecule has 0 aliphatic carbocycles. The van der Waals surface area contributed by atoms with Gasteiger partial charge in [0.1, 0.15) is 11.4 Å². The first-order valence-electron chi connectivity index (χ1n) is 8.59. The van der Waals surface area contributed by atoms with Crippen LogP contribution in [0.4, 0.5) is 10.1 Å². The minimum Gasteiger partial charge on any atom is -0.324 e. The van der Waals surface area contributed by atoms with Crippen LogP contribution in [-0.2, 0) is 19.9 Å². The molecule has 2 fully saturated rings. The molecule has 1 aromatic carbocycles. The SMILES string of the molecule is CCC(C)N1C(=O)C2C(C)NC3(C(=O)Nc4ccc(F)cc43)C2C1=O. The standard InChI is InChI=1S/C18H20FN3O3/c1-4-8(2)22-15(23)13-9(3)21-18(14(13)16(22)24)11-7-10(19)5-6-12(11)20-17(18)25/h5-9,13-14,21H,4H2,1-3H3,(H,20,25). The van der Waals surface area contributed by atoms with Gasteiger partial charge in [-0.05, 0) is 38.5 Å². The van der Waals surface area contributed by atoms with E-state index in [0.29, 0.717) is 17.7 Å². The lowest BCUT2D eigenvalue weighted by molar-refractivity contribution is -0.145. The second kappa shape index (κ2) is 5.11. The number of anilines is 1. The van der Waals surface area contributed by atoms with Crippen LogP contribution in [0.3, 0.4) is 0 Å². The molecule has 3 aliphatic rings. The quantitative estimate of drug-likeness (QED) is 0.794. The van der Waals surface area contributed by atoms with Crippen molar-refractivity contribution in [2.24, 2.45) is 11.8 Å². The van der Waals surface area contributed by atoms with Crippen molar-refractivity contribution < 1.29 is 18.8 Å². The molecule has 3 amide bonds. The fourth-order valence-corrected chi connectivity index (χ4v) is 4.58. The number of carbonyl (C=O) groups is 3. The predicted octanol–water partition coefficient (Wildman–Crippen LogP) is 1.36. The first-order chi connectivity index (χ1) is 11.8. The molecule has 2 N–H and O–H groups in total. The van der Waals surface area contributed by atoms with Crippen LogP contribution < -0.4 is 10.6 Å². The van der Waals surface area contributed by atoms with Gasteiger partial charge < -0.3 is 5.32 Å². The third kappa shape index (κ3) is 1.84. The van der Waals surface area contributed by atoms with E-state index in [4.69, 9.17) is 0 Å². The maximum atomic E-state index is 13.9. The molecule has 132 valence electrons. The van der Waals surface area contributed by atoms with Gasteiger partial charge in [-0.2, -0.15) is 0 Å². The number of fused-ring (bicyclic) bond motifs is 4. The fourth-order valence-electron chi connectivity index (χ4n) is 4.58. The largest absolute Gasteiger partial charge is 0.324 e. The normalized spacial score (nSPS) is 34.5. The van der Waals surface area contributed by atoms with E-state index in [2.05, 4.69) is 10.6 Å². The number of carbonyl (C=O) groups excluding carboxylic acids is 3. The number of benzene rings is 1.